The molecule has 0 saturated carbocycles. The van der Waals surface area contributed by atoms with Gasteiger partial charge in [-0.2, -0.15) is 5.26 Å². The number of aryl methyl sites for hydroxylation is 1. The van der Waals surface area contributed by atoms with Gasteiger partial charge < -0.3 is 4.98 Å². The number of nitriles is 1. The van der Waals surface area contributed by atoms with Crippen molar-refractivity contribution < 1.29 is 8.78 Å². The quantitative estimate of drug-likeness (QED) is 0.786. The van der Waals surface area contributed by atoms with E-state index in [0.717, 1.165) is 0 Å². The van der Waals surface area contributed by atoms with E-state index in [1.54, 1.807) is 6.07 Å². The zero-order valence-electron chi connectivity index (χ0n) is 7.47. The summed E-state index contributed by atoms with van der Waals surface area (Å²) < 4.78 is 24.8. The fourth-order valence-corrected chi connectivity index (χ4v) is 1.16. The lowest BCUT2D eigenvalue weighted by atomic mass is 10.1. The van der Waals surface area contributed by atoms with Gasteiger partial charge in [0, 0.05) is 17.5 Å². The van der Waals surface area contributed by atoms with Crippen molar-refractivity contribution in [1.82, 2.24) is 4.98 Å². The maximum absolute atomic E-state index is 12.4. The molecule has 1 rings (SSSR count). The monoisotopic (exact) mass is 198 g/mol. The summed E-state index contributed by atoms with van der Waals surface area (Å²) in [6.45, 7) is 1.40. The summed E-state index contributed by atoms with van der Waals surface area (Å²) in [4.78, 5) is 13.9. The van der Waals surface area contributed by atoms with E-state index < -0.39 is 17.4 Å². The molecular weight excluding hydrogens is 190 g/mol. The van der Waals surface area contributed by atoms with Crippen LogP contribution < -0.4 is 5.43 Å². The Morgan fingerprint density at radius 1 is 1.64 bits per heavy atom. The molecule has 0 aliphatic carbocycles. The number of nitrogens with zero attached hydrogens (tertiary/aromatic N) is 1. The Hall–Kier alpha value is -1.70. The number of pyridine rings is 1. The third-order valence-electron chi connectivity index (χ3n) is 1.89. The van der Waals surface area contributed by atoms with Gasteiger partial charge in [-0.25, -0.2) is 8.78 Å². The van der Waals surface area contributed by atoms with E-state index >= 15 is 0 Å². The van der Waals surface area contributed by atoms with Crippen LogP contribution in [0.2, 0.25) is 0 Å². The van der Waals surface area contributed by atoms with Crippen LogP contribution in [0.3, 0.4) is 0 Å². The molecule has 0 bridgehead atoms. The van der Waals surface area contributed by atoms with Gasteiger partial charge in [-0.3, -0.25) is 4.79 Å². The van der Waals surface area contributed by atoms with Crippen molar-refractivity contribution in [3.05, 3.63) is 33.2 Å². The normalized spacial score (nSPS) is 10.2. The molecule has 0 radical (unpaired) electrons. The molecule has 0 atom stereocenters. The largest absolute Gasteiger partial charge is 0.364 e. The molecule has 0 amide bonds. The van der Waals surface area contributed by atoms with Gasteiger partial charge in [-0.1, -0.05) is 0 Å². The highest BCUT2D eigenvalue weighted by Gasteiger charge is 2.17. The van der Waals surface area contributed by atoms with Crippen LogP contribution in [0.1, 0.15) is 23.2 Å². The summed E-state index contributed by atoms with van der Waals surface area (Å²) in [5.41, 5.74) is -1.06. The molecule has 0 aromatic carbocycles. The Morgan fingerprint density at radius 3 is 2.79 bits per heavy atom. The highest BCUT2D eigenvalue weighted by atomic mass is 19.3. The predicted molar refractivity (Wildman–Crippen MR) is 46.1 cm³/mol. The Balaban J connectivity index is 3.36. The molecule has 1 heterocycles. The fourth-order valence-electron chi connectivity index (χ4n) is 1.16. The Bertz CT molecular complexity index is 431. The minimum absolute atomic E-state index is 0.0772. The van der Waals surface area contributed by atoms with Crippen molar-refractivity contribution in [1.29, 1.82) is 5.26 Å². The van der Waals surface area contributed by atoms with Crippen LogP contribution in [0.4, 0.5) is 8.78 Å². The van der Waals surface area contributed by atoms with Gasteiger partial charge in [0.2, 0.25) is 0 Å². The van der Waals surface area contributed by atoms with E-state index in [1.165, 1.54) is 13.1 Å². The van der Waals surface area contributed by atoms with Gasteiger partial charge in [0.15, 0.2) is 5.43 Å². The van der Waals surface area contributed by atoms with Crippen molar-refractivity contribution in [3.8, 4) is 6.07 Å². The van der Waals surface area contributed by atoms with Gasteiger partial charge in [-0.15, -0.1) is 0 Å². The van der Waals surface area contributed by atoms with Crippen LogP contribution in [-0.2, 0) is 6.42 Å². The van der Waals surface area contributed by atoms with Gasteiger partial charge in [0.1, 0.15) is 0 Å². The Labute approximate surface area is 79.0 Å². The molecular formula is C9H8F2N2O. The minimum Gasteiger partial charge on any atom is -0.364 e. The number of halogens is 2. The SMILES string of the molecule is Cc1[nH]cc(CC#N)c(=O)c1C(F)F. The van der Waals surface area contributed by atoms with E-state index in [2.05, 4.69) is 4.98 Å². The molecule has 0 spiro atoms. The van der Waals surface area contributed by atoms with Crippen LogP contribution in [0, 0.1) is 18.3 Å². The van der Waals surface area contributed by atoms with E-state index in [9.17, 15) is 13.6 Å². The summed E-state index contributed by atoms with van der Waals surface area (Å²) in [5, 5.41) is 8.35. The molecule has 1 aromatic heterocycles. The highest BCUT2D eigenvalue weighted by Crippen LogP contribution is 2.17. The van der Waals surface area contributed by atoms with Crippen LogP contribution in [0.5, 0.6) is 0 Å². The van der Waals surface area contributed by atoms with Crippen LogP contribution in [-0.4, -0.2) is 4.98 Å². The fraction of sp³-hybridized carbons (Fsp3) is 0.333. The number of hydrogen-bond donors (Lipinski definition) is 1. The van der Waals surface area contributed by atoms with Crippen molar-refractivity contribution >= 4 is 0 Å². The van der Waals surface area contributed by atoms with E-state index in [1.807, 2.05) is 0 Å². The smallest absolute Gasteiger partial charge is 0.269 e. The molecule has 1 aromatic rings. The average molecular weight is 198 g/mol. The van der Waals surface area contributed by atoms with Gasteiger partial charge >= 0.3 is 0 Å². The molecule has 0 aliphatic rings. The maximum atomic E-state index is 12.4. The van der Waals surface area contributed by atoms with Crippen molar-refractivity contribution in [2.24, 2.45) is 0 Å². The molecule has 0 aliphatic heterocycles. The lowest BCUT2D eigenvalue weighted by Crippen LogP contribution is -2.17. The third kappa shape index (κ3) is 1.79. The minimum atomic E-state index is -2.81. The van der Waals surface area contributed by atoms with Crippen molar-refractivity contribution in [2.45, 2.75) is 19.8 Å². The first-order chi connectivity index (χ1) is 6.57. The topological polar surface area (TPSA) is 56.6 Å². The first-order valence-corrected chi connectivity index (χ1v) is 3.94. The summed E-state index contributed by atoms with van der Waals surface area (Å²) in [6, 6.07) is 1.75. The van der Waals surface area contributed by atoms with Crippen LogP contribution in [0.15, 0.2) is 11.0 Å². The molecule has 1 N–H and O–H groups in total. The molecule has 0 unspecified atom stereocenters. The second-order valence-corrected chi connectivity index (χ2v) is 2.82. The molecule has 5 heteroatoms. The predicted octanol–water partition coefficient (Wildman–Crippen LogP) is 1.69. The van der Waals surface area contributed by atoms with Crippen LogP contribution >= 0.6 is 0 Å². The Kier molecular flexibility index (Phi) is 2.97. The number of H-pyrrole nitrogens is 1. The van der Waals surface area contributed by atoms with Crippen molar-refractivity contribution in [2.75, 3.05) is 0 Å². The number of hydrogen-bond acceptors (Lipinski definition) is 2. The molecule has 3 nitrogen and oxygen atoms in total. The van der Waals surface area contributed by atoms with Gasteiger partial charge in [0.05, 0.1) is 18.1 Å². The maximum Gasteiger partial charge on any atom is 0.269 e. The van der Waals surface area contributed by atoms with Gasteiger partial charge in [-0.05, 0) is 6.92 Å². The summed E-state index contributed by atoms with van der Waals surface area (Å²) >= 11 is 0. The molecule has 14 heavy (non-hydrogen) atoms. The number of nitrogens with one attached hydrogen (secondary N) is 1. The van der Waals surface area contributed by atoms with E-state index in [4.69, 9.17) is 5.26 Å². The zero-order valence-corrected chi connectivity index (χ0v) is 7.47. The molecule has 0 saturated heterocycles. The number of alkyl halides is 2. The standard InChI is InChI=1S/C9H8F2N2O/c1-5-7(9(10)11)8(14)6(2-3-12)4-13-5/h4,9H,2H2,1H3,(H,13,14). The van der Waals surface area contributed by atoms with Crippen LogP contribution in [0.25, 0.3) is 0 Å². The third-order valence-corrected chi connectivity index (χ3v) is 1.89. The highest BCUT2D eigenvalue weighted by molar-refractivity contribution is 5.27. The number of aromatic nitrogens is 1. The summed E-state index contributed by atoms with van der Waals surface area (Å²) in [6.07, 6.45) is -1.67. The second kappa shape index (κ2) is 4.01. The molecule has 74 valence electrons. The number of rotatable bonds is 2. The number of aromatic amines is 1. The lowest BCUT2D eigenvalue weighted by Gasteiger charge is -2.04. The van der Waals surface area contributed by atoms with E-state index in [0.29, 0.717) is 0 Å². The lowest BCUT2D eigenvalue weighted by molar-refractivity contribution is 0.148. The second-order valence-electron chi connectivity index (χ2n) is 2.82. The van der Waals surface area contributed by atoms with Gasteiger partial charge in [0.25, 0.3) is 6.43 Å². The Morgan fingerprint density at radius 2 is 2.29 bits per heavy atom. The summed E-state index contributed by atoms with van der Waals surface area (Å²) in [5.74, 6) is 0. The zero-order chi connectivity index (χ0) is 10.7. The molecule has 0 fully saturated rings. The first-order valence-electron chi connectivity index (χ1n) is 3.94. The first kappa shape index (κ1) is 10.4. The van der Waals surface area contributed by atoms with E-state index in [-0.39, 0.29) is 17.7 Å². The van der Waals surface area contributed by atoms with Crippen molar-refractivity contribution in [3.63, 3.8) is 0 Å². The summed E-state index contributed by atoms with van der Waals surface area (Å²) in [7, 11) is 0. The average Bonchev–Trinajstić information content (AvgIpc) is 2.10.